The third-order valence-corrected chi connectivity index (χ3v) is 2.93. The molecule has 15 heavy (non-hydrogen) atoms. The van der Waals surface area contributed by atoms with Gasteiger partial charge in [-0.2, -0.15) is 5.10 Å². The van der Waals surface area contributed by atoms with Gasteiger partial charge in [0, 0.05) is 11.6 Å². The number of nitrogens with one attached hydrogen (secondary N) is 2. The Hall–Kier alpha value is -1.36. The normalized spacial score (nSPS) is 12.6. The van der Waals surface area contributed by atoms with Crippen LogP contribution in [0.2, 0.25) is 0 Å². The minimum atomic E-state index is -0.655. The Morgan fingerprint density at radius 3 is 2.47 bits per heavy atom. The maximum Gasteiger partial charge on any atom is 0.233 e. The molecule has 84 valence electrons. The lowest BCUT2D eigenvalue weighted by Crippen LogP contribution is -2.53. The van der Waals surface area contributed by atoms with Gasteiger partial charge >= 0.3 is 0 Å². The van der Waals surface area contributed by atoms with Gasteiger partial charge in [-0.1, -0.05) is 0 Å². The Balaban J connectivity index is 2.77. The minimum absolute atomic E-state index is 0.126. The molecule has 1 heterocycles. The summed E-state index contributed by atoms with van der Waals surface area (Å²) >= 11 is 0. The van der Waals surface area contributed by atoms with Crippen LogP contribution in [0.1, 0.15) is 27.7 Å². The second-order valence-corrected chi connectivity index (χ2v) is 4.77. The number of hydrogen-bond donors (Lipinski definition) is 3. The molecular weight excluding hydrogens is 192 g/mol. The third kappa shape index (κ3) is 2.36. The van der Waals surface area contributed by atoms with Crippen molar-refractivity contribution < 1.29 is 4.79 Å². The number of nitrogens with zero attached hydrogens (tertiary/aromatic N) is 1. The van der Waals surface area contributed by atoms with E-state index in [1.807, 2.05) is 27.7 Å². The molecule has 0 atom stereocenters. The summed E-state index contributed by atoms with van der Waals surface area (Å²) in [7, 11) is 0. The van der Waals surface area contributed by atoms with Crippen molar-refractivity contribution in [2.75, 3.05) is 5.32 Å². The topological polar surface area (TPSA) is 83.8 Å². The van der Waals surface area contributed by atoms with Crippen LogP contribution in [0.5, 0.6) is 0 Å². The lowest BCUT2D eigenvalue weighted by molar-refractivity contribution is -0.126. The average molecular weight is 210 g/mol. The van der Waals surface area contributed by atoms with Crippen LogP contribution < -0.4 is 11.1 Å². The van der Waals surface area contributed by atoms with Crippen molar-refractivity contribution in [2.45, 2.75) is 33.2 Å². The summed E-state index contributed by atoms with van der Waals surface area (Å²) in [6.45, 7) is 7.30. The maximum absolute atomic E-state index is 11.9. The van der Waals surface area contributed by atoms with Gasteiger partial charge in [-0.25, -0.2) is 0 Å². The Kier molecular flexibility index (Phi) is 2.86. The van der Waals surface area contributed by atoms with Crippen molar-refractivity contribution >= 4 is 11.7 Å². The number of amides is 1. The van der Waals surface area contributed by atoms with Crippen molar-refractivity contribution in [3.05, 3.63) is 12.3 Å². The van der Waals surface area contributed by atoms with Crippen LogP contribution in [-0.2, 0) is 4.79 Å². The average Bonchev–Trinajstić information content (AvgIpc) is 2.54. The number of carbonyl (C=O) groups excluding carboxylic acids is 1. The number of aromatic amines is 1. The third-order valence-electron chi connectivity index (χ3n) is 2.93. The molecule has 0 fully saturated rings. The van der Waals surface area contributed by atoms with E-state index >= 15 is 0 Å². The van der Waals surface area contributed by atoms with Gasteiger partial charge in [0.2, 0.25) is 5.91 Å². The highest BCUT2D eigenvalue weighted by Gasteiger charge is 2.40. The minimum Gasteiger partial charge on any atom is -0.325 e. The van der Waals surface area contributed by atoms with E-state index in [1.54, 1.807) is 12.3 Å². The van der Waals surface area contributed by atoms with Gasteiger partial charge in [-0.05, 0) is 27.7 Å². The van der Waals surface area contributed by atoms with E-state index in [4.69, 9.17) is 5.73 Å². The van der Waals surface area contributed by atoms with E-state index in [1.165, 1.54) is 0 Å². The molecule has 0 unspecified atom stereocenters. The van der Waals surface area contributed by atoms with Gasteiger partial charge in [-0.3, -0.25) is 9.89 Å². The molecule has 0 radical (unpaired) electrons. The molecule has 0 bridgehead atoms. The predicted molar refractivity (Wildman–Crippen MR) is 59.3 cm³/mol. The number of aromatic nitrogens is 2. The molecule has 5 heteroatoms. The number of rotatable bonds is 3. The summed E-state index contributed by atoms with van der Waals surface area (Å²) in [5.41, 5.74) is 4.72. The van der Waals surface area contributed by atoms with Gasteiger partial charge in [0.25, 0.3) is 0 Å². The molecule has 0 saturated heterocycles. The van der Waals surface area contributed by atoms with Crippen LogP contribution in [0.4, 0.5) is 5.82 Å². The zero-order valence-electron chi connectivity index (χ0n) is 9.59. The molecule has 5 nitrogen and oxygen atoms in total. The Morgan fingerprint density at radius 1 is 1.47 bits per heavy atom. The summed E-state index contributed by atoms with van der Waals surface area (Å²) in [6.07, 6.45) is 1.58. The van der Waals surface area contributed by atoms with Gasteiger partial charge in [0.1, 0.15) is 5.82 Å². The van der Waals surface area contributed by atoms with E-state index in [-0.39, 0.29) is 5.91 Å². The summed E-state index contributed by atoms with van der Waals surface area (Å²) < 4.78 is 0. The molecule has 0 aliphatic heterocycles. The first-order valence-electron chi connectivity index (χ1n) is 4.85. The van der Waals surface area contributed by atoms with Gasteiger partial charge < -0.3 is 11.1 Å². The van der Waals surface area contributed by atoms with Crippen molar-refractivity contribution in [1.82, 2.24) is 10.2 Å². The molecule has 0 saturated carbocycles. The Bertz CT molecular complexity index is 335. The zero-order valence-corrected chi connectivity index (χ0v) is 9.59. The van der Waals surface area contributed by atoms with Crippen molar-refractivity contribution in [1.29, 1.82) is 0 Å². The van der Waals surface area contributed by atoms with Gasteiger partial charge in [0.15, 0.2) is 0 Å². The molecule has 1 aromatic heterocycles. The lowest BCUT2D eigenvalue weighted by Gasteiger charge is -2.36. The predicted octanol–water partition coefficient (Wildman–Crippen LogP) is 1.11. The molecule has 1 amide bonds. The number of anilines is 1. The van der Waals surface area contributed by atoms with E-state index in [2.05, 4.69) is 15.5 Å². The summed E-state index contributed by atoms with van der Waals surface area (Å²) in [4.78, 5) is 11.9. The molecule has 0 aliphatic carbocycles. The summed E-state index contributed by atoms with van der Waals surface area (Å²) in [5.74, 6) is 0.455. The smallest absolute Gasteiger partial charge is 0.233 e. The molecular formula is C10H18N4O. The van der Waals surface area contributed by atoms with Gasteiger partial charge in [0.05, 0.1) is 11.6 Å². The van der Waals surface area contributed by atoms with Crippen LogP contribution in [0.3, 0.4) is 0 Å². The molecule has 0 aromatic carbocycles. The molecule has 1 rings (SSSR count). The van der Waals surface area contributed by atoms with E-state index in [0.29, 0.717) is 5.82 Å². The van der Waals surface area contributed by atoms with E-state index in [9.17, 15) is 4.79 Å². The second-order valence-electron chi connectivity index (χ2n) is 4.77. The number of H-pyrrole nitrogens is 1. The number of nitrogens with two attached hydrogens (primary N) is 1. The van der Waals surface area contributed by atoms with Crippen LogP contribution in [0, 0.1) is 5.41 Å². The number of carbonyl (C=O) groups is 1. The highest BCUT2D eigenvalue weighted by atomic mass is 16.2. The first kappa shape index (κ1) is 11.7. The monoisotopic (exact) mass is 210 g/mol. The lowest BCUT2D eigenvalue weighted by atomic mass is 9.74. The Labute approximate surface area is 89.4 Å². The standard InChI is InChI=1S/C10H18N4O/c1-9(2,10(3,4)11)8(15)13-7-5-6-12-14-7/h5-6H,11H2,1-4H3,(H2,12,13,14,15). The highest BCUT2D eigenvalue weighted by molar-refractivity contribution is 5.94. The molecule has 1 aromatic rings. The first-order valence-corrected chi connectivity index (χ1v) is 4.85. The van der Waals surface area contributed by atoms with Crippen molar-refractivity contribution in [3.8, 4) is 0 Å². The van der Waals surface area contributed by atoms with Crippen LogP contribution in [0.25, 0.3) is 0 Å². The second kappa shape index (κ2) is 3.66. The van der Waals surface area contributed by atoms with E-state index in [0.717, 1.165) is 0 Å². The first-order chi connectivity index (χ1) is 6.75. The summed E-state index contributed by atoms with van der Waals surface area (Å²) in [6, 6.07) is 1.69. The molecule has 0 aliphatic rings. The fourth-order valence-electron chi connectivity index (χ4n) is 0.897. The molecule has 0 spiro atoms. The molecule has 4 N–H and O–H groups in total. The van der Waals surface area contributed by atoms with Crippen molar-refractivity contribution in [3.63, 3.8) is 0 Å². The highest BCUT2D eigenvalue weighted by Crippen LogP contribution is 2.29. The Morgan fingerprint density at radius 2 is 2.07 bits per heavy atom. The number of hydrogen-bond acceptors (Lipinski definition) is 3. The zero-order chi connectivity index (χ0) is 11.7. The van der Waals surface area contributed by atoms with Crippen molar-refractivity contribution in [2.24, 2.45) is 11.1 Å². The van der Waals surface area contributed by atoms with Crippen LogP contribution in [-0.4, -0.2) is 21.6 Å². The fraction of sp³-hybridized carbons (Fsp3) is 0.600. The van der Waals surface area contributed by atoms with Crippen LogP contribution >= 0.6 is 0 Å². The van der Waals surface area contributed by atoms with E-state index < -0.39 is 11.0 Å². The summed E-state index contributed by atoms with van der Waals surface area (Å²) in [5, 5.41) is 9.15. The quantitative estimate of drug-likeness (QED) is 0.698. The van der Waals surface area contributed by atoms with Crippen LogP contribution in [0.15, 0.2) is 12.3 Å². The fourth-order valence-corrected chi connectivity index (χ4v) is 0.897. The van der Waals surface area contributed by atoms with Gasteiger partial charge in [-0.15, -0.1) is 0 Å². The SMILES string of the molecule is CC(C)(N)C(C)(C)C(=O)Nc1ccn[nH]1. The largest absolute Gasteiger partial charge is 0.325 e. The maximum atomic E-state index is 11.9.